The summed E-state index contributed by atoms with van der Waals surface area (Å²) in [7, 11) is 0. The molecule has 0 unspecified atom stereocenters. The maximum absolute atomic E-state index is 11.7. The average molecular weight is 373 g/mol. The Kier molecular flexibility index (Phi) is 20.1. The van der Waals surface area contributed by atoms with Crippen molar-refractivity contribution in [3.8, 4) is 0 Å². The van der Waals surface area contributed by atoms with E-state index in [2.05, 4.69) is 11.8 Å². The van der Waals surface area contributed by atoms with Gasteiger partial charge in [-0.25, -0.2) is 0 Å². The van der Waals surface area contributed by atoms with Gasteiger partial charge in [0.1, 0.15) is 0 Å². The molecule has 0 rings (SSSR count). The van der Waals surface area contributed by atoms with E-state index >= 15 is 0 Å². The molecule has 3 N–H and O–H groups in total. The standard InChI is InChI=1S/C21H44N2O3/c1-2-3-4-5-6-7-8-9-10-11-20-26-21(25)14-12-16-23(18-19-24)17-13-15-22/h24H,2-20,22H2,1H3. The van der Waals surface area contributed by atoms with Crippen molar-refractivity contribution in [3.63, 3.8) is 0 Å². The third kappa shape index (κ3) is 18.2. The molecule has 0 aromatic heterocycles. The van der Waals surface area contributed by atoms with Gasteiger partial charge in [-0.2, -0.15) is 0 Å². The Balaban J connectivity index is 3.40. The Morgan fingerprint density at radius 1 is 0.846 bits per heavy atom. The molecule has 0 aliphatic heterocycles. The van der Waals surface area contributed by atoms with E-state index < -0.39 is 0 Å². The lowest BCUT2D eigenvalue weighted by molar-refractivity contribution is -0.143. The average Bonchev–Trinajstić information content (AvgIpc) is 2.64. The van der Waals surface area contributed by atoms with Gasteiger partial charge in [0.2, 0.25) is 0 Å². The van der Waals surface area contributed by atoms with Crippen LogP contribution in [-0.2, 0) is 9.53 Å². The molecule has 0 saturated heterocycles. The van der Waals surface area contributed by atoms with E-state index in [9.17, 15) is 4.79 Å². The van der Waals surface area contributed by atoms with Crippen LogP contribution >= 0.6 is 0 Å². The molecule has 0 spiro atoms. The second kappa shape index (κ2) is 20.7. The number of ether oxygens (including phenoxy) is 1. The first-order valence-corrected chi connectivity index (χ1v) is 10.9. The largest absolute Gasteiger partial charge is 0.466 e. The second-order valence-corrected chi connectivity index (χ2v) is 7.21. The molecule has 0 bridgehead atoms. The Morgan fingerprint density at radius 2 is 1.42 bits per heavy atom. The molecule has 0 radical (unpaired) electrons. The van der Waals surface area contributed by atoms with Crippen LogP contribution in [0, 0.1) is 0 Å². The van der Waals surface area contributed by atoms with Crippen LogP contribution in [0.15, 0.2) is 0 Å². The minimum Gasteiger partial charge on any atom is -0.466 e. The van der Waals surface area contributed by atoms with Crippen molar-refractivity contribution in [3.05, 3.63) is 0 Å². The summed E-state index contributed by atoms with van der Waals surface area (Å²) in [5.74, 6) is -0.0938. The quantitative estimate of drug-likeness (QED) is 0.251. The molecule has 5 heteroatoms. The first kappa shape index (κ1) is 25.4. The van der Waals surface area contributed by atoms with Gasteiger partial charge in [-0.15, -0.1) is 0 Å². The smallest absolute Gasteiger partial charge is 0.305 e. The van der Waals surface area contributed by atoms with E-state index in [4.69, 9.17) is 15.6 Å². The van der Waals surface area contributed by atoms with Crippen LogP contribution in [0.25, 0.3) is 0 Å². The van der Waals surface area contributed by atoms with Crippen molar-refractivity contribution >= 4 is 5.97 Å². The fourth-order valence-corrected chi connectivity index (χ4v) is 3.09. The fraction of sp³-hybridized carbons (Fsp3) is 0.952. The highest BCUT2D eigenvalue weighted by Gasteiger charge is 2.07. The maximum Gasteiger partial charge on any atom is 0.305 e. The van der Waals surface area contributed by atoms with Crippen molar-refractivity contribution in [1.82, 2.24) is 4.90 Å². The van der Waals surface area contributed by atoms with Crippen LogP contribution in [0.1, 0.15) is 90.4 Å². The second-order valence-electron chi connectivity index (χ2n) is 7.21. The SMILES string of the molecule is CCCCCCCCCCCCOC(=O)CCCN(CCO)CCCN. The number of esters is 1. The summed E-state index contributed by atoms with van der Waals surface area (Å²) in [6, 6.07) is 0. The molecule has 0 atom stereocenters. The first-order valence-electron chi connectivity index (χ1n) is 10.9. The van der Waals surface area contributed by atoms with Crippen molar-refractivity contribution in [2.75, 3.05) is 39.4 Å². The fourth-order valence-electron chi connectivity index (χ4n) is 3.09. The van der Waals surface area contributed by atoms with Crippen LogP contribution in [0.2, 0.25) is 0 Å². The number of rotatable bonds is 20. The van der Waals surface area contributed by atoms with Gasteiger partial charge in [-0.05, 0) is 38.9 Å². The Labute approximate surface area is 161 Å². The van der Waals surface area contributed by atoms with E-state index in [1.165, 1.54) is 51.4 Å². The molecule has 0 aromatic rings. The number of aliphatic hydroxyl groups is 1. The topological polar surface area (TPSA) is 75.8 Å². The zero-order chi connectivity index (χ0) is 19.3. The molecular formula is C21H44N2O3. The number of aliphatic hydroxyl groups excluding tert-OH is 1. The zero-order valence-electron chi connectivity index (χ0n) is 17.2. The lowest BCUT2D eigenvalue weighted by atomic mass is 10.1. The van der Waals surface area contributed by atoms with E-state index in [-0.39, 0.29) is 12.6 Å². The normalized spacial score (nSPS) is 11.2. The molecule has 0 saturated carbocycles. The van der Waals surface area contributed by atoms with Crippen LogP contribution in [-0.4, -0.2) is 55.4 Å². The number of nitrogens with zero attached hydrogens (tertiary/aromatic N) is 1. The van der Waals surface area contributed by atoms with Gasteiger partial charge < -0.3 is 20.5 Å². The number of nitrogens with two attached hydrogens (primary N) is 1. The summed E-state index contributed by atoms with van der Waals surface area (Å²) >= 11 is 0. The summed E-state index contributed by atoms with van der Waals surface area (Å²) in [4.78, 5) is 13.9. The van der Waals surface area contributed by atoms with Gasteiger partial charge in [0.05, 0.1) is 13.2 Å². The molecule has 5 nitrogen and oxygen atoms in total. The minimum absolute atomic E-state index is 0.0938. The zero-order valence-corrected chi connectivity index (χ0v) is 17.2. The number of hydrogen-bond acceptors (Lipinski definition) is 5. The number of carbonyl (C=O) groups is 1. The predicted octanol–water partition coefficient (Wildman–Crippen LogP) is 3.87. The van der Waals surface area contributed by atoms with E-state index in [0.717, 1.165) is 38.8 Å². The molecule has 0 aliphatic carbocycles. The first-order chi connectivity index (χ1) is 12.7. The van der Waals surface area contributed by atoms with Crippen LogP contribution in [0.5, 0.6) is 0 Å². The molecule has 0 amide bonds. The predicted molar refractivity (Wildman–Crippen MR) is 109 cm³/mol. The Bertz CT molecular complexity index is 301. The monoisotopic (exact) mass is 372 g/mol. The highest BCUT2D eigenvalue weighted by atomic mass is 16.5. The minimum atomic E-state index is -0.0938. The van der Waals surface area contributed by atoms with Gasteiger partial charge >= 0.3 is 5.97 Å². The molecule has 0 aromatic carbocycles. The number of hydrogen-bond donors (Lipinski definition) is 2. The Morgan fingerprint density at radius 3 is 2.00 bits per heavy atom. The van der Waals surface area contributed by atoms with Crippen molar-refractivity contribution < 1.29 is 14.6 Å². The lowest BCUT2D eigenvalue weighted by Gasteiger charge is -2.20. The number of unbranched alkanes of at least 4 members (excludes halogenated alkanes) is 9. The van der Waals surface area contributed by atoms with Crippen molar-refractivity contribution in [2.24, 2.45) is 5.73 Å². The number of carbonyl (C=O) groups excluding carboxylic acids is 1. The Hall–Kier alpha value is -0.650. The van der Waals surface area contributed by atoms with E-state index in [1.54, 1.807) is 0 Å². The van der Waals surface area contributed by atoms with Gasteiger partial charge in [-0.1, -0.05) is 64.7 Å². The summed E-state index contributed by atoms with van der Waals surface area (Å²) in [5.41, 5.74) is 5.52. The highest BCUT2D eigenvalue weighted by Crippen LogP contribution is 2.10. The summed E-state index contributed by atoms with van der Waals surface area (Å²) in [5, 5.41) is 9.05. The summed E-state index contributed by atoms with van der Waals surface area (Å²) in [6.45, 7) is 5.95. The summed E-state index contributed by atoms with van der Waals surface area (Å²) < 4.78 is 5.31. The molecular weight excluding hydrogens is 328 g/mol. The van der Waals surface area contributed by atoms with Crippen LogP contribution in [0.4, 0.5) is 0 Å². The molecule has 0 aliphatic rings. The molecule has 26 heavy (non-hydrogen) atoms. The highest BCUT2D eigenvalue weighted by molar-refractivity contribution is 5.69. The van der Waals surface area contributed by atoms with Gasteiger partial charge in [0.15, 0.2) is 0 Å². The third-order valence-corrected chi connectivity index (χ3v) is 4.71. The summed E-state index contributed by atoms with van der Waals surface area (Å²) in [6.07, 6.45) is 15.0. The van der Waals surface area contributed by atoms with Crippen molar-refractivity contribution in [2.45, 2.75) is 90.4 Å². The molecule has 0 heterocycles. The van der Waals surface area contributed by atoms with Crippen molar-refractivity contribution in [1.29, 1.82) is 0 Å². The molecule has 156 valence electrons. The van der Waals surface area contributed by atoms with Gasteiger partial charge in [-0.3, -0.25) is 4.79 Å². The van der Waals surface area contributed by atoms with E-state index in [0.29, 0.717) is 26.1 Å². The maximum atomic E-state index is 11.7. The van der Waals surface area contributed by atoms with Gasteiger partial charge in [0.25, 0.3) is 0 Å². The lowest BCUT2D eigenvalue weighted by Crippen LogP contribution is -2.30. The van der Waals surface area contributed by atoms with Gasteiger partial charge in [0, 0.05) is 13.0 Å². The molecule has 0 fully saturated rings. The van der Waals surface area contributed by atoms with Crippen LogP contribution in [0.3, 0.4) is 0 Å². The van der Waals surface area contributed by atoms with Crippen LogP contribution < -0.4 is 5.73 Å². The third-order valence-electron chi connectivity index (χ3n) is 4.71. The van der Waals surface area contributed by atoms with E-state index in [1.807, 2.05) is 0 Å².